The first kappa shape index (κ1) is 16.3. The van der Waals surface area contributed by atoms with Crippen LogP contribution in [0.1, 0.15) is 43.4 Å². The summed E-state index contributed by atoms with van der Waals surface area (Å²) in [6, 6.07) is 6.86. The van der Waals surface area contributed by atoms with Crippen LogP contribution in [0, 0.1) is 0 Å². The van der Waals surface area contributed by atoms with Gasteiger partial charge in [-0.3, -0.25) is 4.79 Å². The Morgan fingerprint density at radius 2 is 2.04 bits per heavy atom. The molecule has 25 heavy (non-hydrogen) atoms. The summed E-state index contributed by atoms with van der Waals surface area (Å²) in [7, 11) is 0. The van der Waals surface area contributed by atoms with E-state index in [1.165, 1.54) is 6.07 Å². The maximum atomic E-state index is 11.7. The zero-order valence-corrected chi connectivity index (χ0v) is 14.5. The highest BCUT2D eigenvalue weighted by Gasteiger charge is 2.34. The highest BCUT2D eigenvalue weighted by molar-refractivity contribution is 6.31. The van der Waals surface area contributed by atoms with E-state index in [0.29, 0.717) is 17.3 Å². The van der Waals surface area contributed by atoms with Gasteiger partial charge in [0.15, 0.2) is 0 Å². The lowest BCUT2D eigenvalue weighted by Gasteiger charge is -2.29. The smallest absolute Gasteiger partial charge is 0.248 e. The molecule has 0 saturated heterocycles. The Morgan fingerprint density at radius 1 is 1.24 bits per heavy atom. The Balaban J connectivity index is 1.68. The topological polar surface area (TPSA) is 83.8 Å². The van der Waals surface area contributed by atoms with Crippen LogP contribution in [0.15, 0.2) is 35.3 Å². The number of benzene rings is 1. The van der Waals surface area contributed by atoms with Gasteiger partial charge < -0.3 is 10.1 Å². The highest BCUT2D eigenvalue weighted by atomic mass is 35.5. The van der Waals surface area contributed by atoms with E-state index in [2.05, 4.69) is 15.3 Å². The molecule has 0 bridgehead atoms. The lowest BCUT2D eigenvalue weighted by Crippen LogP contribution is -2.28. The molecule has 0 atom stereocenters. The van der Waals surface area contributed by atoms with Gasteiger partial charge in [-0.25, -0.2) is 4.68 Å². The van der Waals surface area contributed by atoms with Crippen LogP contribution in [0.4, 0.5) is 0 Å². The Morgan fingerprint density at radius 3 is 2.84 bits per heavy atom. The molecule has 2 aromatic heterocycles. The maximum Gasteiger partial charge on any atom is 0.248 e. The number of aromatic amines is 1. The van der Waals surface area contributed by atoms with Gasteiger partial charge in [0.05, 0.1) is 18.3 Å². The zero-order valence-electron chi connectivity index (χ0n) is 13.7. The standard InChI is InChI=1S/C18H19ClN4O2/c19-14-8-12-4-5-16(24)20-17(12)13(9-14)10-23-11-15(21-22-23)18(25)6-2-1-3-7-18/h4-5,8-9,11,25H,1-3,6-7,10H2,(H,20,24). The number of nitrogens with one attached hydrogen (secondary N) is 1. The van der Waals surface area contributed by atoms with Crippen LogP contribution in [0.25, 0.3) is 10.9 Å². The van der Waals surface area contributed by atoms with Crippen molar-refractivity contribution < 1.29 is 5.11 Å². The SMILES string of the molecule is O=c1ccc2cc(Cl)cc(Cn3cc(C4(O)CCCCC4)nn3)c2[nH]1. The molecule has 2 N–H and O–H groups in total. The van der Waals surface area contributed by atoms with Crippen LogP contribution in [0.3, 0.4) is 0 Å². The number of hydrogen-bond donors (Lipinski definition) is 2. The van der Waals surface area contributed by atoms with Gasteiger partial charge in [0, 0.05) is 16.5 Å². The summed E-state index contributed by atoms with van der Waals surface area (Å²) in [5, 5.41) is 20.6. The van der Waals surface area contributed by atoms with Crippen LogP contribution in [-0.2, 0) is 12.1 Å². The van der Waals surface area contributed by atoms with Crippen molar-refractivity contribution >= 4 is 22.5 Å². The van der Waals surface area contributed by atoms with Crippen molar-refractivity contribution in [1.29, 1.82) is 0 Å². The van der Waals surface area contributed by atoms with Crippen LogP contribution in [0.2, 0.25) is 5.02 Å². The first-order valence-electron chi connectivity index (χ1n) is 8.48. The first-order chi connectivity index (χ1) is 12.0. The highest BCUT2D eigenvalue weighted by Crippen LogP contribution is 2.35. The number of aliphatic hydroxyl groups is 1. The molecule has 1 aromatic carbocycles. The van der Waals surface area contributed by atoms with Crippen molar-refractivity contribution in [3.8, 4) is 0 Å². The molecule has 1 fully saturated rings. The summed E-state index contributed by atoms with van der Waals surface area (Å²) in [6.07, 6.45) is 6.39. The normalized spacial score (nSPS) is 17.0. The van der Waals surface area contributed by atoms with E-state index in [4.69, 9.17) is 11.6 Å². The van der Waals surface area contributed by atoms with E-state index in [9.17, 15) is 9.90 Å². The third-order valence-electron chi connectivity index (χ3n) is 4.91. The number of nitrogens with zero attached hydrogens (tertiary/aromatic N) is 3. The fourth-order valence-electron chi connectivity index (χ4n) is 3.58. The summed E-state index contributed by atoms with van der Waals surface area (Å²) in [5.41, 5.74) is 1.18. The van der Waals surface area contributed by atoms with E-state index in [1.807, 2.05) is 12.1 Å². The molecule has 130 valence electrons. The Bertz CT molecular complexity index is 973. The second-order valence-electron chi connectivity index (χ2n) is 6.75. The first-order valence-corrected chi connectivity index (χ1v) is 8.86. The zero-order chi connectivity index (χ0) is 17.4. The summed E-state index contributed by atoms with van der Waals surface area (Å²) < 4.78 is 1.68. The van der Waals surface area contributed by atoms with Crippen LogP contribution < -0.4 is 5.56 Å². The Labute approximate surface area is 149 Å². The van der Waals surface area contributed by atoms with E-state index in [0.717, 1.165) is 48.6 Å². The third kappa shape index (κ3) is 3.19. The minimum atomic E-state index is -0.874. The van der Waals surface area contributed by atoms with Crippen molar-refractivity contribution in [1.82, 2.24) is 20.0 Å². The predicted octanol–water partition coefficient (Wildman–Crippen LogP) is 2.97. The van der Waals surface area contributed by atoms with Crippen LogP contribution in [-0.4, -0.2) is 25.1 Å². The molecular weight excluding hydrogens is 340 g/mol. The molecule has 1 saturated carbocycles. The van der Waals surface area contributed by atoms with Gasteiger partial charge in [-0.2, -0.15) is 0 Å². The summed E-state index contributed by atoms with van der Waals surface area (Å²) in [4.78, 5) is 14.5. The van der Waals surface area contributed by atoms with Crippen molar-refractivity contribution in [2.24, 2.45) is 0 Å². The Hall–Kier alpha value is -2.18. The number of H-pyrrole nitrogens is 1. The molecule has 7 heteroatoms. The maximum absolute atomic E-state index is 11.7. The summed E-state index contributed by atoms with van der Waals surface area (Å²) in [6.45, 7) is 0.417. The van der Waals surface area contributed by atoms with Crippen molar-refractivity contribution in [2.75, 3.05) is 0 Å². The molecule has 4 rings (SSSR count). The fourth-order valence-corrected chi connectivity index (χ4v) is 3.83. The summed E-state index contributed by atoms with van der Waals surface area (Å²) >= 11 is 6.20. The molecule has 0 spiro atoms. The molecule has 0 amide bonds. The molecule has 1 aliphatic rings. The van der Waals surface area contributed by atoms with Crippen LogP contribution >= 0.6 is 11.6 Å². The van der Waals surface area contributed by atoms with Gasteiger partial charge in [0.2, 0.25) is 5.56 Å². The largest absolute Gasteiger partial charge is 0.383 e. The number of fused-ring (bicyclic) bond motifs is 1. The molecule has 2 heterocycles. The van der Waals surface area contributed by atoms with Crippen LogP contribution in [0.5, 0.6) is 0 Å². The molecule has 0 radical (unpaired) electrons. The Kier molecular flexibility index (Phi) is 4.09. The van der Waals surface area contributed by atoms with Crippen molar-refractivity contribution in [2.45, 2.75) is 44.2 Å². The van der Waals surface area contributed by atoms with E-state index in [-0.39, 0.29) is 5.56 Å². The van der Waals surface area contributed by atoms with Crippen molar-refractivity contribution in [3.63, 3.8) is 0 Å². The van der Waals surface area contributed by atoms with E-state index in [1.54, 1.807) is 16.9 Å². The number of hydrogen-bond acceptors (Lipinski definition) is 4. The number of halogens is 1. The molecular formula is C18H19ClN4O2. The minimum Gasteiger partial charge on any atom is -0.383 e. The molecule has 0 aliphatic heterocycles. The number of pyridine rings is 1. The fraction of sp³-hybridized carbons (Fsp3) is 0.389. The van der Waals surface area contributed by atoms with Crippen molar-refractivity contribution in [3.05, 3.63) is 57.1 Å². The van der Waals surface area contributed by atoms with Gasteiger partial charge in [0.25, 0.3) is 0 Å². The molecule has 0 unspecified atom stereocenters. The quantitative estimate of drug-likeness (QED) is 0.754. The number of aromatic nitrogens is 4. The monoisotopic (exact) mass is 358 g/mol. The molecule has 3 aromatic rings. The van der Waals surface area contributed by atoms with Gasteiger partial charge in [0.1, 0.15) is 11.3 Å². The van der Waals surface area contributed by atoms with Gasteiger partial charge in [-0.15, -0.1) is 5.10 Å². The van der Waals surface area contributed by atoms with Gasteiger partial charge in [-0.1, -0.05) is 36.1 Å². The second-order valence-corrected chi connectivity index (χ2v) is 7.18. The average molecular weight is 359 g/mol. The van der Waals surface area contributed by atoms with E-state index >= 15 is 0 Å². The summed E-state index contributed by atoms with van der Waals surface area (Å²) in [5.74, 6) is 0. The lowest BCUT2D eigenvalue weighted by molar-refractivity contribution is -0.00474. The number of rotatable bonds is 3. The second kappa shape index (κ2) is 6.28. The van der Waals surface area contributed by atoms with Gasteiger partial charge in [-0.05, 0) is 36.6 Å². The van der Waals surface area contributed by atoms with E-state index < -0.39 is 5.60 Å². The predicted molar refractivity (Wildman–Crippen MR) is 95.7 cm³/mol. The minimum absolute atomic E-state index is 0.160. The molecule has 6 nitrogen and oxygen atoms in total. The molecule has 1 aliphatic carbocycles. The average Bonchev–Trinajstić information content (AvgIpc) is 3.06. The lowest BCUT2D eigenvalue weighted by atomic mass is 9.83. The third-order valence-corrected chi connectivity index (χ3v) is 5.12. The van der Waals surface area contributed by atoms with Gasteiger partial charge >= 0.3 is 0 Å².